The number of hydrogen-bond acceptors (Lipinski definition) is 6. The van der Waals surface area contributed by atoms with Crippen molar-refractivity contribution in [2.75, 3.05) is 38.1 Å². The van der Waals surface area contributed by atoms with Crippen LogP contribution < -0.4 is 15.8 Å². The number of alkyl halides is 3. The van der Waals surface area contributed by atoms with Gasteiger partial charge in [0.1, 0.15) is 5.56 Å². The largest absolute Gasteiger partial charge is 0.421 e. The number of anilines is 1. The van der Waals surface area contributed by atoms with E-state index in [0.717, 1.165) is 19.2 Å². The highest BCUT2D eigenvalue weighted by Gasteiger charge is 2.37. The van der Waals surface area contributed by atoms with E-state index in [1.807, 2.05) is 12.0 Å². The van der Waals surface area contributed by atoms with Gasteiger partial charge in [-0.1, -0.05) is 6.92 Å². The fourth-order valence-corrected chi connectivity index (χ4v) is 2.40. The van der Waals surface area contributed by atoms with Gasteiger partial charge in [0.25, 0.3) is 5.56 Å². The van der Waals surface area contributed by atoms with Crippen molar-refractivity contribution in [2.45, 2.75) is 32.2 Å². The zero-order valence-electron chi connectivity index (χ0n) is 13.9. The molecule has 2 N–H and O–H groups in total. The summed E-state index contributed by atoms with van der Waals surface area (Å²) >= 11 is 0. The Balaban J connectivity index is 2.27. The summed E-state index contributed by atoms with van der Waals surface area (Å²) in [5.41, 5.74) is -3.44. The minimum atomic E-state index is -4.74. The number of halogens is 3. The summed E-state index contributed by atoms with van der Waals surface area (Å²) in [4.78, 5) is 18.9. The molecular weight excluding hydrogens is 327 g/mol. The number of aromatic amines is 1. The molecule has 24 heavy (non-hydrogen) atoms. The summed E-state index contributed by atoms with van der Waals surface area (Å²) in [6.45, 7) is 6.55. The maximum Gasteiger partial charge on any atom is 0.421 e. The van der Waals surface area contributed by atoms with E-state index < -0.39 is 23.0 Å². The predicted molar refractivity (Wildman–Crippen MR) is 82.5 cm³/mol. The molecule has 1 aliphatic rings. The van der Waals surface area contributed by atoms with Crippen LogP contribution in [0, 0.1) is 0 Å². The second-order valence-corrected chi connectivity index (χ2v) is 5.82. The van der Waals surface area contributed by atoms with E-state index in [1.165, 1.54) is 4.90 Å². The van der Waals surface area contributed by atoms with Crippen LogP contribution in [0.5, 0.6) is 0 Å². The average molecular weight is 349 g/mol. The van der Waals surface area contributed by atoms with E-state index >= 15 is 0 Å². The van der Waals surface area contributed by atoms with Crippen LogP contribution in [-0.2, 0) is 11.0 Å². The lowest BCUT2D eigenvalue weighted by atomic mass is 10.1. The normalized spacial score (nSPS) is 19.1. The molecule has 7 nitrogen and oxygen atoms in total. The summed E-state index contributed by atoms with van der Waals surface area (Å²) in [5, 5.41) is 10.6. The molecule has 0 aliphatic carbocycles. The van der Waals surface area contributed by atoms with Crippen LogP contribution in [0.3, 0.4) is 0 Å². The van der Waals surface area contributed by atoms with Gasteiger partial charge in [0.15, 0.2) is 11.5 Å². The van der Waals surface area contributed by atoms with Crippen molar-refractivity contribution in [3.63, 3.8) is 0 Å². The van der Waals surface area contributed by atoms with E-state index in [0.29, 0.717) is 19.5 Å². The molecule has 1 saturated heterocycles. The Morgan fingerprint density at radius 2 is 2.00 bits per heavy atom. The third-order valence-electron chi connectivity index (χ3n) is 4.21. The third kappa shape index (κ3) is 4.05. The van der Waals surface area contributed by atoms with Crippen LogP contribution in [0.25, 0.3) is 0 Å². The van der Waals surface area contributed by atoms with Gasteiger partial charge in [-0.15, -0.1) is 0 Å². The molecule has 136 valence electrons. The highest BCUT2D eigenvalue weighted by molar-refractivity contribution is 5.41. The summed E-state index contributed by atoms with van der Waals surface area (Å²) in [5.74, 6) is -0.0126. The van der Waals surface area contributed by atoms with Crippen LogP contribution in [0.4, 0.5) is 19.0 Å². The lowest BCUT2D eigenvalue weighted by Gasteiger charge is -2.42. The van der Waals surface area contributed by atoms with Crippen molar-refractivity contribution in [3.05, 3.63) is 22.0 Å². The molecule has 0 saturated carbocycles. The fourth-order valence-electron chi connectivity index (χ4n) is 2.40. The van der Waals surface area contributed by atoms with E-state index in [2.05, 4.69) is 10.4 Å². The Hall–Kier alpha value is -1.65. The average Bonchev–Trinajstić information content (AvgIpc) is 2.54. The Kier molecular flexibility index (Phi) is 5.51. The fraction of sp³-hybridized carbons (Fsp3) is 0.714. The molecular formula is C14H22F3N5O2. The Bertz CT molecular complexity index is 615. The van der Waals surface area contributed by atoms with Crippen LogP contribution in [0.1, 0.15) is 25.8 Å². The van der Waals surface area contributed by atoms with Crippen molar-refractivity contribution in [1.29, 1.82) is 0 Å². The number of hydroxylamine groups is 2. The van der Waals surface area contributed by atoms with Crippen molar-refractivity contribution >= 4 is 5.82 Å². The molecule has 1 fully saturated rings. The maximum atomic E-state index is 12.9. The number of rotatable bonds is 5. The first kappa shape index (κ1) is 18.7. The van der Waals surface area contributed by atoms with Gasteiger partial charge in [0.05, 0.1) is 0 Å². The minimum absolute atomic E-state index is 0.0126. The first-order chi connectivity index (χ1) is 11.2. The molecule has 0 radical (unpaired) electrons. The first-order valence-corrected chi connectivity index (χ1v) is 7.73. The summed E-state index contributed by atoms with van der Waals surface area (Å²) in [7, 11) is 1.59. The zero-order valence-corrected chi connectivity index (χ0v) is 13.9. The lowest BCUT2D eigenvalue weighted by molar-refractivity contribution is -0.244. The van der Waals surface area contributed by atoms with Crippen LogP contribution >= 0.6 is 0 Å². The number of nitrogens with zero attached hydrogens (tertiary/aromatic N) is 3. The van der Waals surface area contributed by atoms with Gasteiger partial charge in [-0.25, -0.2) is 5.10 Å². The second kappa shape index (κ2) is 7.08. The van der Waals surface area contributed by atoms with E-state index in [1.54, 1.807) is 19.0 Å². The number of piperazine rings is 1. The molecule has 1 aliphatic heterocycles. The van der Waals surface area contributed by atoms with Crippen molar-refractivity contribution < 1.29 is 18.0 Å². The monoisotopic (exact) mass is 349 g/mol. The van der Waals surface area contributed by atoms with Gasteiger partial charge >= 0.3 is 6.18 Å². The summed E-state index contributed by atoms with van der Waals surface area (Å²) in [6.07, 6.45) is -4.23. The molecule has 0 bridgehead atoms. The van der Waals surface area contributed by atoms with Gasteiger partial charge in [0.2, 0.25) is 0 Å². The molecule has 0 aromatic carbocycles. The number of hydrogen-bond donors (Lipinski definition) is 2. The van der Waals surface area contributed by atoms with Gasteiger partial charge in [-0.05, 0) is 13.3 Å². The van der Waals surface area contributed by atoms with Crippen LogP contribution in [-0.4, -0.2) is 54.2 Å². The molecule has 2 heterocycles. The molecule has 10 heteroatoms. The lowest BCUT2D eigenvalue weighted by Crippen LogP contribution is -2.54. The summed E-state index contributed by atoms with van der Waals surface area (Å²) in [6, 6.07) is 0.744. The second-order valence-electron chi connectivity index (χ2n) is 5.82. The first-order valence-electron chi connectivity index (χ1n) is 7.73. The molecule has 1 aromatic rings. The predicted octanol–water partition coefficient (Wildman–Crippen LogP) is 1.19. The molecule has 0 amide bonds. The van der Waals surface area contributed by atoms with E-state index in [9.17, 15) is 18.0 Å². The summed E-state index contributed by atoms with van der Waals surface area (Å²) < 4.78 is 38.8. The van der Waals surface area contributed by atoms with Crippen LogP contribution in [0.15, 0.2) is 10.9 Å². The van der Waals surface area contributed by atoms with Gasteiger partial charge < -0.3 is 10.2 Å². The SMILES string of the molecule is CCC(C)(ON1CCNCC1)N(C)c1cc(C(F)(F)F)c(=O)[nH]n1. The van der Waals surface area contributed by atoms with Crippen molar-refractivity contribution in [1.82, 2.24) is 20.6 Å². The number of H-pyrrole nitrogens is 1. The molecule has 1 aromatic heterocycles. The van der Waals surface area contributed by atoms with Crippen LogP contribution in [0.2, 0.25) is 0 Å². The number of aromatic nitrogens is 2. The minimum Gasteiger partial charge on any atom is -0.329 e. The third-order valence-corrected chi connectivity index (χ3v) is 4.21. The highest BCUT2D eigenvalue weighted by Crippen LogP contribution is 2.30. The molecule has 0 spiro atoms. The van der Waals surface area contributed by atoms with E-state index in [4.69, 9.17) is 4.84 Å². The van der Waals surface area contributed by atoms with Gasteiger partial charge in [0, 0.05) is 39.3 Å². The Morgan fingerprint density at radius 1 is 1.38 bits per heavy atom. The molecule has 1 atom stereocenters. The zero-order chi connectivity index (χ0) is 18.0. The van der Waals surface area contributed by atoms with Gasteiger partial charge in [-0.3, -0.25) is 9.63 Å². The highest BCUT2D eigenvalue weighted by atomic mass is 19.4. The smallest absolute Gasteiger partial charge is 0.329 e. The van der Waals surface area contributed by atoms with Crippen molar-refractivity contribution in [2.24, 2.45) is 0 Å². The topological polar surface area (TPSA) is 73.5 Å². The quantitative estimate of drug-likeness (QED) is 0.778. The van der Waals surface area contributed by atoms with E-state index in [-0.39, 0.29) is 5.82 Å². The molecule has 1 unspecified atom stereocenters. The standard InChI is InChI=1S/C14H22F3N5O2/c1-4-13(2,24-22-7-5-18-6-8-22)21(3)11-9-10(14(15,16)17)12(23)20-19-11/h9,18H,4-8H2,1-3H3,(H,20,23). The van der Waals surface area contributed by atoms with Gasteiger partial charge in [-0.2, -0.15) is 23.3 Å². The van der Waals surface area contributed by atoms with Crippen molar-refractivity contribution in [3.8, 4) is 0 Å². The maximum absolute atomic E-state index is 12.9. The Labute approximate surface area is 137 Å². The number of nitrogens with one attached hydrogen (secondary N) is 2. The Morgan fingerprint density at radius 3 is 2.54 bits per heavy atom. The molecule has 2 rings (SSSR count).